The largest absolute Gasteiger partial charge is 0.478 e. The lowest BCUT2D eigenvalue weighted by molar-refractivity contribution is 0.0697. The molecule has 0 amide bonds. The summed E-state index contributed by atoms with van der Waals surface area (Å²) in [6.07, 6.45) is 4.53. The molecule has 2 saturated heterocycles. The van der Waals surface area contributed by atoms with Crippen LogP contribution in [-0.2, 0) is 6.54 Å². The van der Waals surface area contributed by atoms with Crippen molar-refractivity contribution in [2.24, 2.45) is 11.7 Å². The molecule has 3 rings (SSSR count). The number of hydrogen-bond acceptors (Lipinski definition) is 8. The lowest BCUT2D eigenvalue weighted by atomic mass is 9.85. The summed E-state index contributed by atoms with van der Waals surface area (Å²) in [6.45, 7) is 15.4. The molecule has 1 aromatic carbocycles. The molecule has 0 radical (unpaired) electrons. The third-order valence-electron chi connectivity index (χ3n) is 7.95. The first kappa shape index (κ1) is 30.0. The number of likely N-dealkylation sites (N-methyl/N-ethyl adjacent to an activating group) is 1. The van der Waals surface area contributed by atoms with Crippen molar-refractivity contribution in [1.29, 1.82) is 0 Å². The number of benzene rings is 1. The number of fused-ring (bicyclic) bond motifs is 5. The minimum Gasteiger partial charge on any atom is -0.478 e. The van der Waals surface area contributed by atoms with Crippen LogP contribution in [0.1, 0.15) is 55.5 Å². The van der Waals surface area contributed by atoms with Crippen molar-refractivity contribution in [1.82, 2.24) is 31.5 Å². The smallest absolute Gasteiger partial charge is 0.335 e. The van der Waals surface area contributed by atoms with Gasteiger partial charge in [-0.2, -0.15) is 0 Å². The normalized spacial score (nSPS) is 30.9. The Hall–Kier alpha value is -1.59. The Morgan fingerprint density at radius 3 is 2.38 bits per heavy atom. The summed E-state index contributed by atoms with van der Waals surface area (Å²) in [7, 11) is 0. The fraction of sp³-hybridized carbons (Fsp3) is 0.750. The van der Waals surface area contributed by atoms with Crippen molar-refractivity contribution < 1.29 is 9.90 Å². The molecule has 0 spiro atoms. The molecule has 0 aliphatic carbocycles. The van der Waals surface area contributed by atoms with Gasteiger partial charge < -0.3 is 42.3 Å². The Morgan fingerprint density at radius 2 is 1.73 bits per heavy atom. The van der Waals surface area contributed by atoms with Crippen molar-refractivity contribution >= 4 is 5.97 Å². The molecular formula is C28H51N7O2. The van der Waals surface area contributed by atoms with Gasteiger partial charge in [0.2, 0.25) is 0 Å². The standard InChI is InChI=1S/C28H51N7O2/c1-3-33-27(18-29)16-23(2)6-4-11-30-19-28(34-17-24-7-9-25(10-8-24)26(36)37)20-31-12-5-14-35(22-27)15-13-32-21-28/h7-10,23,30-34H,3-6,11-22,29H2,1-2H3,(H,36,37). The highest BCUT2D eigenvalue weighted by Gasteiger charge is 2.33. The Kier molecular flexibility index (Phi) is 12.2. The number of carboxylic acids is 1. The molecule has 37 heavy (non-hydrogen) atoms. The zero-order chi connectivity index (χ0) is 26.6. The molecule has 2 fully saturated rings. The molecule has 4 unspecified atom stereocenters. The molecule has 2 heterocycles. The van der Waals surface area contributed by atoms with E-state index < -0.39 is 5.97 Å². The van der Waals surface area contributed by atoms with E-state index in [1.807, 2.05) is 12.1 Å². The van der Waals surface area contributed by atoms with Gasteiger partial charge in [0.05, 0.1) is 11.1 Å². The second-order valence-corrected chi connectivity index (χ2v) is 11.3. The first-order chi connectivity index (χ1) is 17.9. The summed E-state index contributed by atoms with van der Waals surface area (Å²) in [4.78, 5) is 13.8. The average Bonchev–Trinajstić information content (AvgIpc) is 2.93. The number of aromatic carboxylic acids is 1. The fourth-order valence-corrected chi connectivity index (χ4v) is 5.91. The van der Waals surface area contributed by atoms with Gasteiger partial charge in [0.25, 0.3) is 0 Å². The van der Waals surface area contributed by atoms with Crippen LogP contribution in [0, 0.1) is 5.92 Å². The molecule has 2 bridgehead atoms. The molecule has 8 N–H and O–H groups in total. The van der Waals surface area contributed by atoms with E-state index in [0.717, 1.165) is 90.3 Å². The molecule has 4 atom stereocenters. The van der Waals surface area contributed by atoms with Crippen LogP contribution in [0.2, 0.25) is 0 Å². The van der Waals surface area contributed by atoms with Gasteiger partial charge in [-0.25, -0.2) is 4.79 Å². The first-order valence-corrected chi connectivity index (χ1v) is 14.3. The Balaban J connectivity index is 1.75. The maximum Gasteiger partial charge on any atom is 0.335 e. The maximum absolute atomic E-state index is 11.2. The first-order valence-electron chi connectivity index (χ1n) is 14.3. The van der Waals surface area contributed by atoms with Crippen molar-refractivity contribution in [3.8, 4) is 0 Å². The number of carbonyl (C=O) groups is 1. The van der Waals surface area contributed by atoms with Gasteiger partial charge in [0.1, 0.15) is 0 Å². The lowest BCUT2D eigenvalue weighted by Gasteiger charge is -2.40. The van der Waals surface area contributed by atoms with Crippen LogP contribution in [0.25, 0.3) is 0 Å². The molecule has 9 nitrogen and oxygen atoms in total. The summed E-state index contributed by atoms with van der Waals surface area (Å²) >= 11 is 0. The highest BCUT2D eigenvalue weighted by Crippen LogP contribution is 2.22. The quantitative estimate of drug-likeness (QED) is 0.281. The van der Waals surface area contributed by atoms with Gasteiger partial charge in [-0.15, -0.1) is 0 Å². The van der Waals surface area contributed by atoms with Crippen LogP contribution >= 0.6 is 0 Å². The van der Waals surface area contributed by atoms with E-state index in [4.69, 9.17) is 5.73 Å². The van der Waals surface area contributed by atoms with Gasteiger partial charge in [-0.1, -0.05) is 26.0 Å². The van der Waals surface area contributed by atoms with Crippen LogP contribution in [0.15, 0.2) is 24.3 Å². The molecule has 0 saturated carbocycles. The number of nitrogens with zero attached hydrogens (tertiary/aromatic N) is 1. The van der Waals surface area contributed by atoms with Crippen molar-refractivity contribution in [2.45, 2.75) is 57.2 Å². The van der Waals surface area contributed by atoms with E-state index in [1.165, 1.54) is 6.42 Å². The fourth-order valence-electron chi connectivity index (χ4n) is 5.91. The molecular weight excluding hydrogens is 466 g/mol. The zero-order valence-corrected chi connectivity index (χ0v) is 23.1. The van der Waals surface area contributed by atoms with E-state index in [2.05, 4.69) is 45.3 Å². The summed E-state index contributed by atoms with van der Waals surface area (Å²) in [6, 6.07) is 7.19. The number of carboxylic acid groups (broad SMARTS) is 1. The average molecular weight is 518 g/mol. The van der Waals surface area contributed by atoms with E-state index in [-0.39, 0.29) is 11.1 Å². The lowest BCUT2D eigenvalue weighted by Crippen LogP contribution is -2.63. The van der Waals surface area contributed by atoms with Crippen LogP contribution in [0.5, 0.6) is 0 Å². The molecule has 9 heteroatoms. The SMILES string of the molecule is CCNC1(CN)CC(C)CCCNCC2(NCc3ccc(C(=O)O)cc3)CNCCCN(CCNC2)C1. The summed E-state index contributed by atoms with van der Waals surface area (Å²) in [5.74, 6) is -0.279. The van der Waals surface area contributed by atoms with Crippen LogP contribution in [0.3, 0.4) is 0 Å². The third-order valence-corrected chi connectivity index (χ3v) is 7.95. The Bertz CT molecular complexity index is 808. The van der Waals surface area contributed by atoms with Gasteiger partial charge in [-0.3, -0.25) is 0 Å². The van der Waals surface area contributed by atoms with Crippen LogP contribution in [-0.4, -0.2) is 99.0 Å². The predicted octanol–water partition coefficient (Wildman–Crippen LogP) is 0.815. The van der Waals surface area contributed by atoms with E-state index in [0.29, 0.717) is 24.6 Å². The topological polar surface area (TPSA) is 127 Å². The molecule has 2 aliphatic heterocycles. The number of nitrogens with one attached hydrogen (secondary N) is 5. The molecule has 0 aromatic heterocycles. The third kappa shape index (κ3) is 9.58. The summed E-state index contributed by atoms with van der Waals surface area (Å²) < 4.78 is 0. The van der Waals surface area contributed by atoms with E-state index in [1.54, 1.807) is 12.1 Å². The van der Waals surface area contributed by atoms with Gasteiger partial charge >= 0.3 is 5.97 Å². The van der Waals surface area contributed by atoms with Gasteiger partial charge in [0.15, 0.2) is 0 Å². The number of nitrogens with two attached hydrogens (primary N) is 1. The Labute approximate surface area is 223 Å². The molecule has 210 valence electrons. The number of rotatable bonds is 7. The summed E-state index contributed by atoms with van der Waals surface area (Å²) in [5.41, 5.74) is 7.64. The van der Waals surface area contributed by atoms with Crippen molar-refractivity contribution in [3.05, 3.63) is 35.4 Å². The zero-order valence-electron chi connectivity index (χ0n) is 23.1. The Morgan fingerprint density at radius 1 is 1.05 bits per heavy atom. The minimum atomic E-state index is -0.890. The monoisotopic (exact) mass is 517 g/mol. The highest BCUT2D eigenvalue weighted by atomic mass is 16.4. The van der Waals surface area contributed by atoms with Crippen LogP contribution < -0.4 is 32.3 Å². The van der Waals surface area contributed by atoms with E-state index in [9.17, 15) is 9.90 Å². The minimum absolute atomic E-state index is 0.0448. The van der Waals surface area contributed by atoms with Gasteiger partial charge in [-0.05, 0) is 75.5 Å². The predicted molar refractivity (Wildman–Crippen MR) is 151 cm³/mol. The van der Waals surface area contributed by atoms with Gasteiger partial charge in [0, 0.05) is 57.9 Å². The number of hydrogen-bond donors (Lipinski definition) is 7. The second kappa shape index (κ2) is 15.1. The van der Waals surface area contributed by atoms with Crippen molar-refractivity contribution in [3.63, 3.8) is 0 Å². The van der Waals surface area contributed by atoms with Crippen LogP contribution in [0.4, 0.5) is 0 Å². The van der Waals surface area contributed by atoms with Crippen molar-refractivity contribution in [2.75, 3.05) is 72.0 Å². The highest BCUT2D eigenvalue weighted by molar-refractivity contribution is 5.87. The second-order valence-electron chi connectivity index (χ2n) is 11.3. The summed E-state index contributed by atoms with van der Waals surface area (Å²) in [5, 5.41) is 28.1. The molecule has 2 aliphatic rings. The maximum atomic E-state index is 11.2. The molecule has 1 aromatic rings. The van der Waals surface area contributed by atoms with E-state index >= 15 is 0 Å².